The standard InChI is InChI=1S/C27H26N2O4/c1-2-19-7-6-8-20(17-19)18-28-24(27(32)33)15-16-25(30)29-26(31)23-13-11-22(12-14-23)21-9-4-3-5-10-21/h2-14,17,24,28H,1,15-16,18H2,(H,32,33)(H,29,30,31)/t24-/m0/s1. The summed E-state index contributed by atoms with van der Waals surface area (Å²) in [7, 11) is 0. The Bertz CT molecular complexity index is 1120. The molecule has 3 aromatic rings. The number of carbonyl (C=O) groups is 3. The van der Waals surface area contributed by atoms with Gasteiger partial charge in [-0.25, -0.2) is 0 Å². The maximum absolute atomic E-state index is 12.4. The number of imide groups is 1. The van der Waals surface area contributed by atoms with E-state index in [2.05, 4.69) is 17.2 Å². The molecule has 0 fully saturated rings. The van der Waals surface area contributed by atoms with E-state index in [4.69, 9.17) is 0 Å². The number of carboxylic acid groups (broad SMARTS) is 1. The molecule has 3 N–H and O–H groups in total. The second-order valence-electron chi connectivity index (χ2n) is 7.58. The first-order valence-electron chi connectivity index (χ1n) is 10.6. The minimum atomic E-state index is -1.05. The maximum Gasteiger partial charge on any atom is 0.320 e. The summed E-state index contributed by atoms with van der Waals surface area (Å²) in [6, 6.07) is 23.4. The van der Waals surface area contributed by atoms with Gasteiger partial charge in [-0.05, 0) is 40.8 Å². The number of carbonyl (C=O) groups excluding carboxylic acids is 2. The van der Waals surface area contributed by atoms with Crippen LogP contribution in [0.2, 0.25) is 0 Å². The molecule has 0 radical (unpaired) electrons. The van der Waals surface area contributed by atoms with Crippen molar-refractivity contribution in [2.24, 2.45) is 0 Å². The van der Waals surface area contributed by atoms with E-state index < -0.39 is 23.8 Å². The van der Waals surface area contributed by atoms with Crippen LogP contribution in [0.25, 0.3) is 17.2 Å². The molecular formula is C27H26N2O4. The lowest BCUT2D eigenvalue weighted by atomic mass is 10.0. The van der Waals surface area contributed by atoms with Gasteiger partial charge >= 0.3 is 5.97 Å². The predicted molar refractivity (Wildman–Crippen MR) is 128 cm³/mol. The first-order chi connectivity index (χ1) is 16.0. The third-order valence-electron chi connectivity index (χ3n) is 5.20. The van der Waals surface area contributed by atoms with Gasteiger partial charge in [-0.1, -0.05) is 79.4 Å². The number of nitrogens with one attached hydrogen (secondary N) is 2. The fourth-order valence-electron chi connectivity index (χ4n) is 3.37. The summed E-state index contributed by atoms with van der Waals surface area (Å²) in [5, 5.41) is 14.7. The predicted octanol–water partition coefficient (Wildman–Crippen LogP) is 4.28. The van der Waals surface area contributed by atoms with Crippen LogP contribution >= 0.6 is 0 Å². The van der Waals surface area contributed by atoms with E-state index in [1.54, 1.807) is 18.2 Å². The molecule has 0 unspecified atom stereocenters. The van der Waals surface area contributed by atoms with E-state index >= 15 is 0 Å². The quantitative estimate of drug-likeness (QED) is 0.436. The molecule has 168 valence electrons. The van der Waals surface area contributed by atoms with Gasteiger partial charge in [0, 0.05) is 18.5 Å². The van der Waals surface area contributed by atoms with Crippen LogP contribution in [-0.2, 0) is 16.1 Å². The Morgan fingerprint density at radius 1 is 0.909 bits per heavy atom. The van der Waals surface area contributed by atoms with Crippen molar-refractivity contribution in [3.8, 4) is 11.1 Å². The summed E-state index contributed by atoms with van der Waals surface area (Å²) in [5.74, 6) is -2.08. The van der Waals surface area contributed by atoms with Crippen molar-refractivity contribution in [3.05, 3.63) is 102 Å². The van der Waals surface area contributed by atoms with Crippen LogP contribution in [0.5, 0.6) is 0 Å². The van der Waals surface area contributed by atoms with Crippen LogP contribution in [0.4, 0.5) is 0 Å². The Kier molecular flexibility index (Phi) is 8.27. The van der Waals surface area contributed by atoms with Crippen LogP contribution in [0.3, 0.4) is 0 Å². The molecule has 0 heterocycles. The number of hydrogen-bond donors (Lipinski definition) is 3. The van der Waals surface area contributed by atoms with Crippen molar-refractivity contribution in [1.82, 2.24) is 10.6 Å². The lowest BCUT2D eigenvalue weighted by Gasteiger charge is -2.14. The van der Waals surface area contributed by atoms with Crippen molar-refractivity contribution in [2.75, 3.05) is 0 Å². The zero-order chi connectivity index (χ0) is 23.6. The zero-order valence-corrected chi connectivity index (χ0v) is 18.2. The molecule has 1 atom stereocenters. The molecule has 0 aliphatic carbocycles. The normalized spacial score (nSPS) is 11.4. The molecule has 0 bridgehead atoms. The highest BCUT2D eigenvalue weighted by molar-refractivity contribution is 6.04. The Labute approximate surface area is 193 Å². The molecule has 33 heavy (non-hydrogen) atoms. The zero-order valence-electron chi connectivity index (χ0n) is 18.2. The number of benzene rings is 3. The summed E-state index contributed by atoms with van der Waals surface area (Å²) in [5.41, 5.74) is 4.21. The highest BCUT2D eigenvalue weighted by atomic mass is 16.4. The number of carboxylic acids is 1. The van der Waals surface area contributed by atoms with E-state index in [1.807, 2.05) is 66.7 Å². The Hall–Kier alpha value is -4.03. The monoisotopic (exact) mass is 442 g/mol. The van der Waals surface area contributed by atoms with E-state index in [1.165, 1.54) is 0 Å². The first-order valence-corrected chi connectivity index (χ1v) is 10.6. The van der Waals surface area contributed by atoms with Gasteiger partial charge < -0.3 is 10.4 Å². The van der Waals surface area contributed by atoms with Crippen molar-refractivity contribution in [1.29, 1.82) is 0 Å². The third-order valence-corrected chi connectivity index (χ3v) is 5.20. The van der Waals surface area contributed by atoms with Crippen LogP contribution in [0.15, 0.2) is 85.4 Å². The minimum Gasteiger partial charge on any atom is -0.480 e. The van der Waals surface area contributed by atoms with Crippen molar-refractivity contribution >= 4 is 23.9 Å². The lowest BCUT2D eigenvalue weighted by Crippen LogP contribution is -2.38. The maximum atomic E-state index is 12.4. The molecule has 6 nitrogen and oxygen atoms in total. The number of hydrogen-bond acceptors (Lipinski definition) is 4. The van der Waals surface area contributed by atoms with Crippen LogP contribution < -0.4 is 10.6 Å². The van der Waals surface area contributed by atoms with Crippen molar-refractivity contribution < 1.29 is 19.5 Å². The fraction of sp³-hybridized carbons (Fsp3) is 0.148. The lowest BCUT2D eigenvalue weighted by molar-refractivity contribution is -0.139. The van der Waals surface area contributed by atoms with Crippen LogP contribution in [-0.4, -0.2) is 28.9 Å². The number of rotatable bonds is 10. The van der Waals surface area contributed by atoms with Gasteiger partial charge in [0.05, 0.1) is 0 Å². The summed E-state index contributed by atoms with van der Waals surface area (Å²) < 4.78 is 0. The van der Waals surface area contributed by atoms with Gasteiger partial charge in [0.25, 0.3) is 5.91 Å². The fourth-order valence-corrected chi connectivity index (χ4v) is 3.37. The van der Waals surface area contributed by atoms with Crippen molar-refractivity contribution in [3.63, 3.8) is 0 Å². The molecule has 0 spiro atoms. The van der Waals surface area contributed by atoms with E-state index in [-0.39, 0.29) is 12.8 Å². The molecule has 0 saturated heterocycles. The number of aliphatic carboxylic acids is 1. The highest BCUT2D eigenvalue weighted by Gasteiger charge is 2.19. The molecule has 0 aliphatic heterocycles. The molecular weight excluding hydrogens is 416 g/mol. The van der Waals surface area contributed by atoms with Gasteiger partial charge in [-0.3, -0.25) is 19.7 Å². The molecule has 3 aromatic carbocycles. The van der Waals surface area contributed by atoms with Gasteiger partial charge in [0.15, 0.2) is 0 Å². The Morgan fingerprint density at radius 3 is 2.27 bits per heavy atom. The largest absolute Gasteiger partial charge is 0.480 e. The van der Waals surface area contributed by atoms with Gasteiger partial charge in [0.1, 0.15) is 6.04 Å². The second kappa shape index (κ2) is 11.5. The van der Waals surface area contributed by atoms with E-state index in [0.717, 1.165) is 22.3 Å². The Morgan fingerprint density at radius 2 is 1.61 bits per heavy atom. The third kappa shape index (κ3) is 6.98. The van der Waals surface area contributed by atoms with Gasteiger partial charge in [-0.15, -0.1) is 0 Å². The first kappa shape index (κ1) is 23.6. The SMILES string of the molecule is C=Cc1cccc(CN[C@@H](CCC(=O)NC(=O)c2ccc(-c3ccccc3)cc2)C(=O)O)c1. The topological polar surface area (TPSA) is 95.5 Å². The molecule has 6 heteroatoms. The minimum absolute atomic E-state index is 0.0581. The summed E-state index contributed by atoms with van der Waals surface area (Å²) >= 11 is 0. The molecule has 3 rings (SSSR count). The summed E-state index contributed by atoms with van der Waals surface area (Å²) in [6.07, 6.45) is 1.68. The average molecular weight is 443 g/mol. The van der Waals surface area contributed by atoms with E-state index in [9.17, 15) is 19.5 Å². The smallest absolute Gasteiger partial charge is 0.320 e. The highest BCUT2D eigenvalue weighted by Crippen LogP contribution is 2.19. The van der Waals surface area contributed by atoms with Crippen LogP contribution in [0, 0.1) is 0 Å². The van der Waals surface area contributed by atoms with Gasteiger partial charge in [0.2, 0.25) is 5.91 Å². The van der Waals surface area contributed by atoms with Gasteiger partial charge in [-0.2, -0.15) is 0 Å². The molecule has 0 aliphatic rings. The molecule has 0 aromatic heterocycles. The second-order valence-corrected chi connectivity index (χ2v) is 7.58. The number of amides is 2. The van der Waals surface area contributed by atoms with Crippen LogP contribution in [0.1, 0.15) is 34.3 Å². The Balaban J connectivity index is 1.50. The molecule has 2 amide bonds. The molecule has 0 saturated carbocycles. The summed E-state index contributed by atoms with van der Waals surface area (Å²) in [6.45, 7) is 4.06. The average Bonchev–Trinajstić information content (AvgIpc) is 2.84. The van der Waals surface area contributed by atoms with E-state index in [0.29, 0.717) is 12.1 Å². The summed E-state index contributed by atoms with van der Waals surface area (Å²) in [4.78, 5) is 36.2. The van der Waals surface area contributed by atoms with Crippen molar-refractivity contribution in [2.45, 2.75) is 25.4 Å².